The van der Waals surface area contributed by atoms with Crippen LogP contribution in [0.4, 0.5) is 0 Å². The van der Waals surface area contributed by atoms with Gasteiger partial charge in [0.25, 0.3) is 0 Å². The molecule has 1 aliphatic rings. The number of hydrogen-bond donors (Lipinski definition) is 1. The summed E-state index contributed by atoms with van der Waals surface area (Å²) in [6, 6.07) is 2.21. The van der Waals surface area contributed by atoms with Gasteiger partial charge in [0.1, 0.15) is 5.54 Å². The molecular weight excluding hydrogens is 226 g/mol. The van der Waals surface area contributed by atoms with Gasteiger partial charge in [0.05, 0.1) is 12.6 Å². The third kappa shape index (κ3) is 4.30. The quantitative estimate of drug-likeness (QED) is 0.830. The third-order valence-electron chi connectivity index (χ3n) is 3.85. The Hall–Kier alpha value is -1.08. The Kier molecular flexibility index (Phi) is 5.61. The molecule has 4 nitrogen and oxygen atoms in total. The van der Waals surface area contributed by atoms with Crippen LogP contribution in [0.2, 0.25) is 0 Å². The van der Waals surface area contributed by atoms with Crippen molar-refractivity contribution in [2.24, 2.45) is 5.92 Å². The van der Waals surface area contributed by atoms with E-state index in [0.29, 0.717) is 6.54 Å². The lowest BCUT2D eigenvalue weighted by atomic mass is 9.90. The van der Waals surface area contributed by atoms with Gasteiger partial charge in [0, 0.05) is 0 Å². The van der Waals surface area contributed by atoms with Crippen molar-refractivity contribution < 1.29 is 4.79 Å². The Morgan fingerprint density at radius 1 is 1.33 bits per heavy atom. The minimum atomic E-state index is -0.761. The van der Waals surface area contributed by atoms with Crippen LogP contribution in [0.5, 0.6) is 0 Å². The zero-order chi connectivity index (χ0) is 13.6. The molecule has 0 radical (unpaired) electrons. The highest BCUT2D eigenvalue weighted by molar-refractivity contribution is 5.79. The zero-order valence-electron chi connectivity index (χ0n) is 11.8. The number of nitriles is 1. The van der Waals surface area contributed by atoms with Gasteiger partial charge in [-0.3, -0.25) is 9.69 Å². The number of nitrogens with one attached hydrogen (secondary N) is 1. The van der Waals surface area contributed by atoms with Crippen molar-refractivity contribution >= 4 is 5.91 Å². The molecule has 1 rings (SSSR count). The second kappa shape index (κ2) is 6.75. The fourth-order valence-electron chi connectivity index (χ4n) is 2.13. The molecule has 0 bridgehead atoms. The van der Waals surface area contributed by atoms with Gasteiger partial charge in [0.2, 0.25) is 5.91 Å². The van der Waals surface area contributed by atoms with Crippen LogP contribution in [-0.2, 0) is 4.79 Å². The normalized spacial score (nSPS) is 20.8. The highest BCUT2D eigenvalue weighted by Crippen LogP contribution is 2.15. The number of carbonyl (C=O) groups excluding carboxylic acids is 1. The first-order valence-corrected chi connectivity index (χ1v) is 6.92. The van der Waals surface area contributed by atoms with Crippen LogP contribution in [0.3, 0.4) is 0 Å². The summed E-state index contributed by atoms with van der Waals surface area (Å²) in [6.45, 7) is 8.11. The number of nitrogens with zero attached hydrogens (tertiary/aromatic N) is 2. The molecule has 4 heteroatoms. The molecule has 0 aromatic carbocycles. The molecule has 0 aromatic rings. The molecule has 0 aliphatic carbocycles. The summed E-state index contributed by atoms with van der Waals surface area (Å²) in [4.78, 5) is 14.2. The van der Waals surface area contributed by atoms with Crippen molar-refractivity contribution in [2.75, 3.05) is 19.6 Å². The largest absolute Gasteiger partial charge is 0.337 e. The maximum atomic E-state index is 12.0. The maximum absolute atomic E-state index is 12.0. The summed E-state index contributed by atoms with van der Waals surface area (Å²) in [7, 11) is 0. The average molecular weight is 251 g/mol. The predicted octanol–water partition coefficient (Wildman–Crippen LogP) is 1.92. The van der Waals surface area contributed by atoms with Crippen molar-refractivity contribution in [2.45, 2.75) is 52.0 Å². The first-order valence-electron chi connectivity index (χ1n) is 6.92. The molecule has 1 saturated heterocycles. The fraction of sp³-hybridized carbons (Fsp3) is 0.857. The molecule has 1 fully saturated rings. The highest BCUT2D eigenvalue weighted by atomic mass is 16.2. The van der Waals surface area contributed by atoms with Gasteiger partial charge in [-0.25, -0.2) is 0 Å². The Morgan fingerprint density at radius 3 is 2.33 bits per heavy atom. The van der Waals surface area contributed by atoms with E-state index < -0.39 is 5.54 Å². The van der Waals surface area contributed by atoms with Crippen LogP contribution in [0.15, 0.2) is 0 Å². The van der Waals surface area contributed by atoms with E-state index in [-0.39, 0.29) is 11.8 Å². The summed E-state index contributed by atoms with van der Waals surface area (Å²) < 4.78 is 0. The average Bonchev–Trinajstić information content (AvgIpc) is 2.57. The molecule has 1 unspecified atom stereocenters. The van der Waals surface area contributed by atoms with E-state index in [0.717, 1.165) is 13.1 Å². The van der Waals surface area contributed by atoms with Crippen molar-refractivity contribution in [3.05, 3.63) is 0 Å². The van der Waals surface area contributed by atoms with Crippen LogP contribution >= 0.6 is 0 Å². The predicted molar refractivity (Wildman–Crippen MR) is 71.9 cm³/mol. The molecule has 1 atom stereocenters. The van der Waals surface area contributed by atoms with Crippen LogP contribution in [0, 0.1) is 17.2 Å². The van der Waals surface area contributed by atoms with Gasteiger partial charge in [-0.15, -0.1) is 0 Å². The summed E-state index contributed by atoms with van der Waals surface area (Å²) in [5.74, 6) is 0.0743. The third-order valence-corrected chi connectivity index (χ3v) is 3.85. The molecule has 1 N–H and O–H groups in total. The molecule has 0 saturated carbocycles. The molecule has 1 heterocycles. The summed E-state index contributed by atoms with van der Waals surface area (Å²) in [5, 5.41) is 12.0. The Labute approximate surface area is 110 Å². The first kappa shape index (κ1) is 15.0. The number of rotatable bonds is 4. The van der Waals surface area contributed by atoms with Crippen LogP contribution in [-0.4, -0.2) is 36.0 Å². The van der Waals surface area contributed by atoms with Crippen LogP contribution < -0.4 is 5.32 Å². The first-order chi connectivity index (χ1) is 8.48. The van der Waals surface area contributed by atoms with E-state index in [1.54, 1.807) is 6.92 Å². The van der Waals surface area contributed by atoms with Crippen molar-refractivity contribution in [3.63, 3.8) is 0 Å². The van der Waals surface area contributed by atoms with Gasteiger partial charge >= 0.3 is 0 Å². The SMILES string of the molecule is CC(C)C(C)(C#N)NC(=O)CN1CCCCCC1. The molecule has 1 aliphatic heterocycles. The molecule has 102 valence electrons. The lowest BCUT2D eigenvalue weighted by molar-refractivity contribution is -0.123. The van der Waals surface area contributed by atoms with Gasteiger partial charge in [-0.05, 0) is 38.8 Å². The van der Waals surface area contributed by atoms with Crippen LogP contribution in [0.1, 0.15) is 46.5 Å². The monoisotopic (exact) mass is 251 g/mol. The van der Waals surface area contributed by atoms with Crippen molar-refractivity contribution in [1.82, 2.24) is 10.2 Å². The number of hydrogen-bond acceptors (Lipinski definition) is 3. The number of amides is 1. The topological polar surface area (TPSA) is 56.1 Å². The van der Waals surface area contributed by atoms with Crippen molar-refractivity contribution in [3.8, 4) is 6.07 Å². The van der Waals surface area contributed by atoms with E-state index in [4.69, 9.17) is 0 Å². The van der Waals surface area contributed by atoms with Gasteiger partial charge < -0.3 is 5.32 Å². The van der Waals surface area contributed by atoms with E-state index >= 15 is 0 Å². The van der Waals surface area contributed by atoms with E-state index in [1.807, 2.05) is 13.8 Å². The summed E-state index contributed by atoms with van der Waals surface area (Å²) >= 11 is 0. The fourth-order valence-corrected chi connectivity index (χ4v) is 2.13. The van der Waals surface area contributed by atoms with E-state index in [9.17, 15) is 10.1 Å². The Balaban J connectivity index is 2.47. The Bertz CT molecular complexity index is 313. The van der Waals surface area contributed by atoms with Gasteiger partial charge in [-0.2, -0.15) is 5.26 Å². The smallest absolute Gasteiger partial charge is 0.235 e. The molecule has 18 heavy (non-hydrogen) atoms. The minimum absolute atomic E-state index is 0.0327. The lowest BCUT2D eigenvalue weighted by Crippen LogP contribution is -2.51. The number of likely N-dealkylation sites (tertiary alicyclic amines) is 1. The number of carbonyl (C=O) groups is 1. The molecular formula is C14H25N3O. The lowest BCUT2D eigenvalue weighted by Gasteiger charge is -2.29. The minimum Gasteiger partial charge on any atom is -0.337 e. The second-order valence-electron chi connectivity index (χ2n) is 5.71. The van der Waals surface area contributed by atoms with Gasteiger partial charge in [0.15, 0.2) is 0 Å². The highest BCUT2D eigenvalue weighted by Gasteiger charge is 2.30. The second-order valence-corrected chi connectivity index (χ2v) is 5.71. The standard InChI is InChI=1S/C14H25N3O/c1-12(2)14(3,11-15)16-13(18)10-17-8-6-4-5-7-9-17/h12H,4-10H2,1-3H3,(H,16,18). The van der Waals surface area contributed by atoms with E-state index in [1.165, 1.54) is 25.7 Å². The van der Waals surface area contributed by atoms with Gasteiger partial charge in [-0.1, -0.05) is 26.7 Å². The zero-order valence-corrected chi connectivity index (χ0v) is 11.8. The summed E-state index contributed by atoms with van der Waals surface area (Å²) in [6.07, 6.45) is 4.88. The van der Waals surface area contributed by atoms with Crippen LogP contribution in [0.25, 0.3) is 0 Å². The van der Waals surface area contributed by atoms with Crippen molar-refractivity contribution in [1.29, 1.82) is 5.26 Å². The molecule has 1 amide bonds. The summed E-state index contributed by atoms with van der Waals surface area (Å²) in [5.41, 5.74) is -0.761. The molecule has 0 aromatic heterocycles. The molecule has 0 spiro atoms. The van der Waals surface area contributed by atoms with E-state index in [2.05, 4.69) is 16.3 Å². The Morgan fingerprint density at radius 2 is 1.89 bits per heavy atom. The maximum Gasteiger partial charge on any atom is 0.235 e.